The van der Waals surface area contributed by atoms with Crippen LogP contribution in [0.3, 0.4) is 0 Å². The van der Waals surface area contributed by atoms with Crippen LogP contribution in [-0.2, 0) is 33.8 Å². The van der Waals surface area contributed by atoms with Gasteiger partial charge < -0.3 is 19.2 Å². The summed E-state index contributed by atoms with van der Waals surface area (Å²) in [7, 11) is -0.870. The maximum Gasteiger partial charge on any atom is 0.491 e. The molecule has 1 unspecified atom stereocenters. The van der Waals surface area contributed by atoms with Crippen molar-refractivity contribution in [2.24, 2.45) is 0 Å². The van der Waals surface area contributed by atoms with Crippen molar-refractivity contribution in [2.45, 2.75) is 46.7 Å². The summed E-state index contributed by atoms with van der Waals surface area (Å²) < 4.78 is 55.3. The van der Waals surface area contributed by atoms with Crippen LogP contribution in [0.4, 0.5) is 13.2 Å². The summed E-state index contributed by atoms with van der Waals surface area (Å²) in [6, 6.07) is 13.5. The maximum absolute atomic E-state index is 12.9. The van der Waals surface area contributed by atoms with E-state index in [0.29, 0.717) is 25.3 Å². The number of hydrogen-bond donors (Lipinski definition) is 1. The highest BCUT2D eigenvalue weighted by molar-refractivity contribution is 9.10. The predicted molar refractivity (Wildman–Crippen MR) is 142 cm³/mol. The van der Waals surface area contributed by atoms with Crippen LogP contribution in [-0.4, -0.2) is 25.0 Å². The molecule has 4 nitrogen and oxygen atoms in total. The molecule has 3 aromatic carbocycles. The molecule has 0 radical (unpaired) electrons. The van der Waals surface area contributed by atoms with Crippen LogP contribution in [0.15, 0.2) is 63.5 Å². The molecular weight excluding hydrogens is 604 g/mol. The second-order valence-corrected chi connectivity index (χ2v) is 9.37. The molecule has 4 rings (SSSR count). The van der Waals surface area contributed by atoms with Gasteiger partial charge in [0, 0.05) is 15.6 Å². The van der Waals surface area contributed by atoms with Gasteiger partial charge in [0.2, 0.25) is 0 Å². The summed E-state index contributed by atoms with van der Waals surface area (Å²) >= 11 is 6.66. The van der Waals surface area contributed by atoms with Crippen LogP contribution in [0.2, 0.25) is 0 Å². The zero-order chi connectivity index (χ0) is 26.7. The number of halogens is 5. The van der Waals surface area contributed by atoms with Crippen LogP contribution < -0.4 is 5.46 Å². The Bertz CT molecular complexity index is 1120. The van der Waals surface area contributed by atoms with Crippen molar-refractivity contribution in [3.05, 3.63) is 97.7 Å². The average Bonchev–Trinajstić information content (AvgIpc) is 3.21. The second kappa shape index (κ2) is 15.5. The summed E-state index contributed by atoms with van der Waals surface area (Å²) in [5.74, 6) is -0.720. The minimum atomic E-state index is -0.870. The Hall–Kier alpha value is -1.69. The number of fused-ring (bicyclic) bond motifs is 1. The van der Waals surface area contributed by atoms with Crippen molar-refractivity contribution in [1.82, 2.24) is 0 Å². The molecule has 194 valence electrons. The maximum atomic E-state index is 12.9. The van der Waals surface area contributed by atoms with Crippen LogP contribution in [0, 0.1) is 17.5 Å². The number of benzene rings is 3. The fourth-order valence-corrected chi connectivity index (χ4v) is 4.04. The van der Waals surface area contributed by atoms with Gasteiger partial charge in [0.15, 0.2) is 6.29 Å². The average molecular weight is 632 g/mol. The van der Waals surface area contributed by atoms with E-state index in [4.69, 9.17) is 19.2 Å². The Balaban J connectivity index is 0.000000195. The molecule has 1 heterocycles. The van der Waals surface area contributed by atoms with Crippen molar-refractivity contribution in [3.63, 3.8) is 0 Å². The molecule has 0 aliphatic carbocycles. The number of hydrogen-bond acceptors (Lipinski definition) is 4. The van der Waals surface area contributed by atoms with Gasteiger partial charge in [0.1, 0.15) is 17.5 Å². The normalized spacial score (nSPS) is 12.8. The molecule has 0 amide bonds. The van der Waals surface area contributed by atoms with Crippen molar-refractivity contribution < 1.29 is 32.3 Å². The number of aryl methyl sites for hydroxylation is 1. The minimum absolute atomic E-state index is 0.167. The highest BCUT2D eigenvalue weighted by Gasteiger charge is 2.26. The third-order valence-electron chi connectivity index (χ3n) is 5.04. The first kappa shape index (κ1) is 30.5. The molecule has 0 saturated carbocycles. The first-order valence-electron chi connectivity index (χ1n) is 11.3. The molecule has 1 N–H and O–H groups in total. The summed E-state index contributed by atoms with van der Waals surface area (Å²) in [4.78, 5) is 0. The SMILES string of the molecule is CCOC(C)OCc1cc(F)ccc1Br.CCc1cc(F)ccc1Br.OB1OCc2cc(F)ccc21. The monoisotopic (exact) mass is 630 g/mol. The van der Waals surface area contributed by atoms with E-state index < -0.39 is 7.12 Å². The number of ether oxygens (including phenoxy) is 2. The predicted octanol–water partition coefficient (Wildman–Crippen LogP) is 6.68. The van der Waals surface area contributed by atoms with Crippen molar-refractivity contribution in [1.29, 1.82) is 0 Å². The Morgan fingerprint density at radius 2 is 1.44 bits per heavy atom. The largest absolute Gasteiger partial charge is 0.491 e. The van der Waals surface area contributed by atoms with Gasteiger partial charge in [-0.3, -0.25) is 0 Å². The molecular formula is C26H28BBr2F3O4. The van der Waals surface area contributed by atoms with E-state index in [2.05, 4.69) is 31.9 Å². The topological polar surface area (TPSA) is 47.9 Å². The van der Waals surface area contributed by atoms with Crippen LogP contribution >= 0.6 is 31.9 Å². The zero-order valence-corrected chi connectivity index (χ0v) is 23.4. The lowest BCUT2D eigenvalue weighted by Crippen LogP contribution is -2.27. The molecule has 0 aromatic heterocycles. The molecule has 1 aliphatic rings. The van der Waals surface area contributed by atoms with Gasteiger partial charge in [-0.05, 0) is 91.0 Å². The third-order valence-corrected chi connectivity index (χ3v) is 6.59. The molecule has 0 bridgehead atoms. The molecule has 10 heteroatoms. The fourth-order valence-electron chi connectivity index (χ4n) is 3.16. The van der Waals surface area contributed by atoms with Crippen molar-refractivity contribution in [3.8, 4) is 0 Å². The lowest BCUT2D eigenvalue weighted by Gasteiger charge is -2.13. The van der Waals surface area contributed by atoms with Gasteiger partial charge >= 0.3 is 7.12 Å². The van der Waals surface area contributed by atoms with E-state index in [1.807, 2.05) is 20.8 Å². The molecule has 0 spiro atoms. The van der Waals surface area contributed by atoms with Gasteiger partial charge in [-0.15, -0.1) is 0 Å². The van der Waals surface area contributed by atoms with Crippen molar-refractivity contribution in [2.75, 3.05) is 6.61 Å². The lowest BCUT2D eigenvalue weighted by molar-refractivity contribution is -0.134. The highest BCUT2D eigenvalue weighted by Crippen LogP contribution is 2.19. The molecule has 1 atom stereocenters. The Labute approximate surface area is 227 Å². The Morgan fingerprint density at radius 3 is 2.03 bits per heavy atom. The van der Waals surface area contributed by atoms with Gasteiger partial charge in [0.05, 0.1) is 13.2 Å². The quantitative estimate of drug-likeness (QED) is 0.244. The highest BCUT2D eigenvalue weighted by atomic mass is 79.9. The molecule has 1 aliphatic heterocycles. The van der Waals surface area contributed by atoms with E-state index >= 15 is 0 Å². The summed E-state index contributed by atoms with van der Waals surface area (Å²) in [5.41, 5.74) is 3.20. The van der Waals surface area contributed by atoms with E-state index in [9.17, 15) is 13.2 Å². The summed E-state index contributed by atoms with van der Waals surface area (Å²) in [6.45, 7) is 6.95. The standard InChI is InChI=1S/C11H14BrFO2.C8H8BrF.C7H6BFO2/c1-3-14-8(2)15-7-9-6-10(13)4-5-11(9)12;1-2-6-5-7(10)3-4-8(6)9;9-6-1-2-7-5(3-6)4-11-8(7)10/h4-6,8H,3,7H2,1-2H3;3-5H,2H2,1H3;1-3,10H,4H2. The molecule has 0 fully saturated rings. The molecule has 0 saturated heterocycles. The smallest absolute Gasteiger partial charge is 0.423 e. The van der Waals surface area contributed by atoms with Gasteiger partial charge in [-0.2, -0.15) is 0 Å². The zero-order valence-electron chi connectivity index (χ0n) is 20.2. The van der Waals surface area contributed by atoms with Crippen molar-refractivity contribution >= 4 is 44.4 Å². The van der Waals surface area contributed by atoms with E-state index in [1.165, 1.54) is 30.3 Å². The number of rotatable bonds is 6. The summed E-state index contributed by atoms with van der Waals surface area (Å²) in [6.07, 6.45) is 0.586. The van der Waals surface area contributed by atoms with E-state index in [0.717, 1.165) is 32.1 Å². The first-order valence-corrected chi connectivity index (χ1v) is 12.9. The minimum Gasteiger partial charge on any atom is -0.423 e. The van der Waals surface area contributed by atoms with E-state index in [1.54, 1.807) is 24.3 Å². The first-order chi connectivity index (χ1) is 17.1. The van der Waals surface area contributed by atoms with Crippen LogP contribution in [0.5, 0.6) is 0 Å². The summed E-state index contributed by atoms with van der Waals surface area (Å²) in [5, 5.41) is 9.13. The van der Waals surface area contributed by atoms with Crippen LogP contribution in [0.25, 0.3) is 0 Å². The van der Waals surface area contributed by atoms with Gasteiger partial charge in [-0.1, -0.05) is 44.8 Å². The third kappa shape index (κ3) is 9.99. The Kier molecular flexibility index (Phi) is 13.2. The second-order valence-electron chi connectivity index (χ2n) is 7.67. The van der Waals surface area contributed by atoms with Crippen LogP contribution in [0.1, 0.15) is 37.5 Å². The fraction of sp³-hybridized carbons (Fsp3) is 0.308. The van der Waals surface area contributed by atoms with E-state index in [-0.39, 0.29) is 23.7 Å². The van der Waals surface area contributed by atoms with Gasteiger partial charge in [0.25, 0.3) is 0 Å². The Morgan fingerprint density at radius 1 is 0.889 bits per heavy atom. The van der Waals surface area contributed by atoms with Gasteiger partial charge in [-0.25, -0.2) is 13.2 Å². The molecule has 3 aromatic rings. The molecule has 36 heavy (non-hydrogen) atoms. The lowest BCUT2D eigenvalue weighted by atomic mass is 9.80.